The molecule has 0 bridgehead atoms. The van der Waals surface area contributed by atoms with E-state index in [1.165, 1.54) is 11.8 Å². The van der Waals surface area contributed by atoms with Crippen molar-refractivity contribution in [1.29, 1.82) is 0 Å². The molecule has 1 aliphatic heterocycles. The average molecular weight is 516 g/mol. The number of benzene rings is 3. The number of halogens is 2. The van der Waals surface area contributed by atoms with Crippen LogP contribution in [-0.2, 0) is 27.2 Å². The van der Waals surface area contributed by atoms with E-state index in [4.69, 9.17) is 6.42 Å². The van der Waals surface area contributed by atoms with Crippen molar-refractivity contribution in [3.8, 4) is 12.3 Å². The molecule has 0 unspecified atom stereocenters. The zero-order valence-electron chi connectivity index (χ0n) is 20.8. The Kier molecular flexibility index (Phi) is 8.17. The van der Waals surface area contributed by atoms with Gasteiger partial charge in [-0.25, -0.2) is 8.78 Å². The molecule has 0 fully saturated rings. The molecule has 0 aromatic heterocycles. The van der Waals surface area contributed by atoms with E-state index in [1.807, 2.05) is 54.6 Å². The van der Waals surface area contributed by atoms with Crippen molar-refractivity contribution < 1.29 is 23.2 Å². The lowest BCUT2D eigenvalue weighted by Gasteiger charge is -2.29. The van der Waals surface area contributed by atoms with Crippen molar-refractivity contribution in [3.63, 3.8) is 0 Å². The number of amides is 3. The maximum absolute atomic E-state index is 13.8. The van der Waals surface area contributed by atoms with E-state index in [9.17, 15) is 23.2 Å². The summed E-state index contributed by atoms with van der Waals surface area (Å²) >= 11 is 0. The van der Waals surface area contributed by atoms with Gasteiger partial charge in [-0.2, -0.15) is 0 Å². The minimum atomic E-state index is -1.02. The zero-order valence-corrected chi connectivity index (χ0v) is 20.8. The lowest BCUT2D eigenvalue weighted by Crippen LogP contribution is -2.55. The summed E-state index contributed by atoms with van der Waals surface area (Å²) in [6.45, 7) is 1.51. The van der Waals surface area contributed by atoms with Gasteiger partial charge in [-0.1, -0.05) is 54.5 Å². The highest BCUT2D eigenvalue weighted by Gasteiger charge is 2.39. The van der Waals surface area contributed by atoms with Gasteiger partial charge in [0.05, 0.1) is 13.0 Å². The number of terminal acetylenes is 1. The molecule has 3 aromatic rings. The van der Waals surface area contributed by atoms with Crippen LogP contribution in [0.4, 0.5) is 14.5 Å². The second kappa shape index (κ2) is 11.7. The highest BCUT2D eigenvalue weighted by molar-refractivity contribution is 6.02. The second-order valence-electron chi connectivity index (χ2n) is 9.21. The highest BCUT2D eigenvalue weighted by Crippen LogP contribution is 2.34. The van der Waals surface area contributed by atoms with E-state index in [1.54, 1.807) is 0 Å². The van der Waals surface area contributed by atoms with Gasteiger partial charge < -0.3 is 10.6 Å². The van der Waals surface area contributed by atoms with Gasteiger partial charge in [-0.3, -0.25) is 19.3 Å². The second-order valence-corrected chi connectivity index (χ2v) is 9.21. The molecule has 0 radical (unpaired) electrons. The van der Waals surface area contributed by atoms with Crippen LogP contribution in [0.5, 0.6) is 0 Å². The van der Waals surface area contributed by atoms with Crippen molar-refractivity contribution in [2.45, 2.75) is 37.8 Å². The number of hydrogen-bond donors (Lipinski definition) is 2. The SMILES string of the molecule is C#CCN1C(=O)[C@@H](NC(=O)[C@H](C)NC(=O)Cc2cc(F)cc(F)c2)[C@@H](c2ccccc2)Cc2ccccc21. The fourth-order valence-electron chi connectivity index (χ4n) is 4.72. The molecule has 1 heterocycles. The van der Waals surface area contributed by atoms with Crippen LogP contribution in [0.3, 0.4) is 0 Å². The summed E-state index contributed by atoms with van der Waals surface area (Å²) in [5.74, 6) is -0.983. The van der Waals surface area contributed by atoms with Crippen molar-refractivity contribution >= 4 is 23.4 Å². The fraction of sp³-hybridized carbons (Fsp3) is 0.233. The maximum Gasteiger partial charge on any atom is 0.251 e. The Hall–Kier alpha value is -4.51. The molecule has 194 valence electrons. The summed E-state index contributed by atoms with van der Waals surface area (Å²) in [5, 5.41) is 5.38. The molecule has 0 aliphatic carbocycles. The third-order valence-corrected chi connectivity index (χ3v) is 6.49. The number of nitrogens with zero attached hydrogens (tertiary/aromatic N) is 1. The van der Waals surface area contributed by atoms with Gasteiger partial charge in [0.15, 0.2) is 0 Å². The fourth-order valence-corrected chi connectivity index (χ4v) is 4.72. The van der Waals surface area contributed by atoms with Crippen LogP contribution in [0.15, 0.2) is 72.8 Å². The Bertz CT molecular complexity index is 1370. The minimum absolute atomic E-state index is 0.0280. The summed E-state index contributed by atoms with van der Waals surface area (Å²) in [7, 11) is 0. The van der Waals surface area contributed by atoms with Crippen LogP contribution >= 0.6 is 0 Å². The predicted octanol–water partition coefficient (Wildman–Crippen LogP) is 3.50. The van der Waals surface area contributed by atoms with Crippen molar-refractivity contribution in [2.75, 3.05) is 11.4 Å². The maximum atomic E-state index is 13.8. The van der Waals surface area contributed by atoms with Gasteiger partial charge in [0.2, 0.25) is 11.8 Å². The summed E-state index contributed by atoms with van der Waals surface area (Å²) in [6.07, 6.45) is 5.74. The summed E-state index contributed by atoms with van der Waals surface area (Å²) < 4.78 is 27.0. The molecule has 38 heavy (non-hydrogen) atoms. The van der Waals surface area contributed by atoms with E-state index in [2.05, 4.69) is 16.6 Å². The van der Waals surface area contributed by atoms with Gasteiger partial charge in [-0.05, 0) is 48.2 Å². The minimum Gasteiger partial charge on any atom is -0.344 e. The van der Waals surface area contributed by atoms with E-state index in [0.29, 0.717) is 18.2 Å². The largest absolute Gasteiger partial charge is 0.344 e. The van der Waals surface area contributed by atoms with Gasteiger partial charge in [0, 0.05) is 17.7 Å². The number of carbonyl (C=O) groups is 3. The summed E-state index contributed by atoms with van der Waals surface area (Å²) in [4.78, 5) is 41.0. The number of nitrogens with one attached hydrogen (secondary N) is 2. The highest BCUT2D eigenvalue weighted by atomic mass is 19.1. The van der Waals surface area contributed by atoms with E-state index >= 15 is 0 Å². The first-order valence-electron chi connectivity index (χ1n) is 12.2. The van der Waals surface area contributed by atoms with Crippen LogP contribution in [-0.4, -0.2) is 36.3 Å². The van der Waals surface area contributed by atoms with Crippen molar-refractivity contribution in [1.82, 2.24) is 10.6 Å². The van der Waals surface area contributed by atoms with Crippen LogP contribution in [0.25, 0.3) is 0 Å². The van der Waals surface area contributed by atoms with Gasteiger partial charge in [0.25, 0.3) is 5.91 Å². The molecular formula is C30H27F2N3O3. The Morgan fingerprint density at radius 1 is 1.05 bits per heavy atom. The molecule has 3 amide bonds. The quantitative estimate of drug-likeness (QED) is 0.473. The number of anilines is 1. The number of fused-ring (bicyclic) bond motifs is 1. The lowest BCUT2D eigenvalue weighted by molar-refractivity contribution is -0.131. The number of hydrogen-bond acceptors (Lipinski definition) is 3. The van der Waals surface area contributed by atoms with Crippen molar-refractivity contribution in [2.24, 2.45) is 0 Å². The van der Waals surface area contributed by atoms with Crippen LogP contribution in [0.2, 0.25) is 0 Å². The van der Waals surface area contributed by atoms with Crippen LogP contribution in [0.1, 0.15) is 29.5 Å². The van der Waals surface area contributed by atoms with Crippen molar-refractivity contribution in [3.05, 3.63) is 101 Å². The Balaban J connectivity index is 1.56. The Morgan fingerprint density at radius 2 is 1.71 bits per heavy atom. The molecule has 0 saturated carbocycles. The van der Waals surface area contributed by atoms with Gasteiger partial charge >= 0.3 is 0 Å². The smallest absolute Gasteiger partial charge is 0.251 e. The van der Waals surface area contributed by atoms with E-state index in [-0.39, 0.29) is 24.4 Å². The Labute approximate surface area is 220 Å². The average Bonchev–Trinajstić information content (AvgIpc) is 2.99. The third-order valence-electron chi connectivity index (χ3n) is 6.49. The number of para-hydroxylation sites is 1. The normalized spacial score (nSPS) is 17.5. The number of rotatable bonds is 7. The molecule has 8 heteroatoms. The molecule has 0 saturated heterocycles. The van der Waals surface area contributed by atoms with E-state index < -0.39 is 41.5 Å². The molecule has 0 spiro atoms. The van der Waals surface area contributed by atoms with Crippen LogP contribution in [0, 0.1) is 24.0 Å². The standard InChI is InChI=1S/C30H27F2N3O3/c1-3-13-35-26-12-8-7-11-22(26)17-25(21-9-5-4-6-10-21)28(30(35)38)34-29(37)19(2)33-27(36)16-20-14-23(31)18-24(32)15-20/h1,4-12,14-15,18-19,25,28H,13,16-17H2,2H3,(H,33,36)(H,34,37)/t19-,25+,28-/m0/s1. The first kappa shape index (κ1) is 26.6. The molecule has 6 nitrogen and oxygen atoms in total. The molecule has 2 N–H and O–H groups in total. The van der Waals surface area contributed by atoms with Gasteiger partial charge in [-0.15, -0.1) is 6.42 Å². The lowest BCUT2D eigenvalue weighted by atomic mass is 9.86. The summed E-state index contributed by atoms with van der Waals surface area (Å²) in [6, 6.07) is 17.7. The predicted molar refractivity (Wildman–Crippen MR) is 140 cm³/mol. The van der Waals surface area contributed by atoms with E-state index in [0.717, 1.165) is 23.3 Å². The first-order chi connectivity index (χ1) is 18.3. The molecule has 1 aliphatic rings. The zero-order chi connectivity index (χ0) is 27.2. The van der Waals surface area contributed by atoms with Crippen LogP contribution < -0.4 is 15.5 Å². The number of carbonyl (C=O) groups excluding carboxylic acids is 3. The summed E-state index contributed by atoms with van der Waals surface area (Å²) in [5.41, 5.74) is 2.62. The third kappa shape index (κ3) is 6.06. The molecule has 3 atom stereocenters. The topological polar surface area (TPSA) is 78.5 Å². The Morgan fingerprint density at radius 3 is 2.39 bits per heavy atom. The molecule has 3 aromatic carbocycles. The first-order valence-corrected chi connectivity index (χ1v) is 12.2. The molecule has 4 rings (SSSR count). The monoisotopic (exact) mass is 515 g/mol. The molecular weight excluding hydrogens is 488 g/mol. The van der Waals surface area contributed by atoms with Gasteiger partial charge in [0.1, 0.15) is 23.7 Å².